The fraction of sp³-hybridized carbons (Fsp3) is 0.467. The number of carbonyl (C=O) groups is 2. The van der Waals surface area contributed by atoms with Crippen molar-refractivity contribution in [1.29, 1.82) is 0 Å². The molecule has 23 heavy (non-hydrogen) atoms. The Morgan fingerprint density at radius 2 is 1.83 bits per heavy atom. The smallest absolute Gasteiger partial charge is 0.314 e. The summed E-state index contributed by atoms with van der Waals surface area (Å²) in [5.74, 6) is -4.27. The molecular formula is C15H19ClF2N2O3. The third-order valence-corrected chi connectivity index (χ3v) is 3.35. The number of aliphatic hydroxyl groups is 1. The molecule has 1 aromatic carbocycles. The topological polar surface area (TPSA) is 69.6 Å². The van der Waals surface area contributed by atoms with Crippen LogP contribution in [0.4, 0.5) is 14.5 Å². The second-order valence-electron chi connectivity index (χ2n) is 4.92. The van der Waals surface area contributed by atoms with Gasteiger partial charge in [-0.2, -0.15) is 0 Å². The summed E-state index contributed by atoms with van der Waals surface area (Å²) in [6, 6.07) is 1.66. The van der Waals surface area contributed by atoms with Gasteiger partial charge in [0, 0.05) is 18.1 Å². The van der Waals surface area contributed by atoms with E-state index in [4.69, 9.17) is 16.7 Å². The molecule has 0 bridgehead atoms. The Morgan fingerprint density at radius 3 is 2.35 bits per heavy atom. The van der Waals surface area contributed by atoms with Gasteiger partial charge in [0.05, 0.1) is 6.61 Å². The molecule has 0 unspecified atom stereocenters. The Morgan fingerprint density at radius 1 is 1.22 bits per heavy atom. The molecule has 0 spiro atoms. The van der Waals surface area contributed by atoms with Gasteiger partial charge in [-0.15, -0.1) is 0 Å². The maximum absolute atomic E-state index is 13.6. The van der Waals surface area contributed by atoms with Gasteiger partial charge in [0.1, 0.15) is 5.69 Å². The van der Waals surface area contributed by atoms with Crippen molar-refractivity contribution in [2.45, 2.75) is 26.2 Å². The van der Waals surface area contributed by atoms with E-state index in [1.807, 2.05) is 12.2 Å². The highest BCUT2D eigenvalue weighted by atomic mass is 35.5. The van der Waals surface area contributed by atoms with E-state index < -0.39 is 29.1 Å². The molecule has 0 saturated carbocycles. The SMILES string of the molecule is CCCCCN(CCO)C(=O)C(=O)Nc1c(F)cc(Cl)cc1F. The number of benzene rings is 1. The summed E-state index contributed by atoms with van der Waals surface area (Å²) in [5.41, 5.74) is -0.731. The fourth-order valence-electron chi connectivity index (χ4n) is 1.96. The molecule has 0 aliphatic rings. The first kappa shape index (κ1) is 19.3. The Hall–Kier alpha value is -1.73. The molecule has 5 nitrogen and oxygen atoms in total. The minimum Gasteiger partial charge on any atom is -0.395 e. The van der Waals surface area contributed by atoms with Crippen molar-refractivity contribution in [2.24, 2.45) is 0 Å². The van der Waals surface area contributed by atoms with E-state index in [1.54, 1.807) is 0 Å². The zero-order chi connectivity index (χ0) is 17.4. The second-order valence-corrected chi connectivity index (χ2v) is 5.36. The number of rotatable bonds is 7. The number of hydrogen-bond donors (Lipinski definition) is 2. The average molecular weight is 349 g/mol. The van der Waals surface area contributed by atoms with E-state index in [-0.39, 0.29) is 24.7 Å². The molecule has 2 amide bonds. The Bertz CT molecular complexity index is 547. The van der Waals surface area contributed by atoms with Crippen molar-refractivity contribution < 1.29 is 23.5 Å². The molecule has 8 heteroatoms. The van der Waals surface area contributed by atoms with Gasteiger partial charge in [-0.05, 0) is 18.6 Å². The number of anilines is 1. The van der Waals surface area contributed by atoms with E-state index in [1.165, 1.54) is 0 Å². The lowest BCUT2D eigenvalue weighted by molar-refractivity contribution is -0.143. The Balaban J connectivity index is 2.80. The van der Waals surface area contributed by atoms with Crippen LogP contribution in [-0.2, 0) is 9.59 Å². The number of nitrogens with one attached hydrogen (secondary N) is 1. The summed E-state index contributed by atoms with van der Waals surface area (Å²) >= 11 is 5.49. The lowest BCUT2D eigenvalue weighted by atomic mass is 10.2. The summed E-state index contributed by atoms with van der Waals surface area (Å²) in [7, 11) is 0. The lowest BCUT2D eigenvalue weighted by Crippen LogP contribution is -2.42. The van der Waals surface area contributed by atoms with Crippen LogP contribution in [0.2, 0.25) is 5.02 Å². The highest BCUT2D eigenvalue weighted by molar-refractivity contribution is 6.39. The highest BCUT2D eigenvalue weighted by Gasteiger charge is 2.23. The van der Waals surface area contributed by atoms with E-state index in [9.17, 15) is 18.4 Å². The summed E-state index contributed by atoms with van der Waals surface area (Å²) in [6.45, 7) is 1.93. The van der Waals surface area contributed by atoms with Gasteiger partial charge in [-0.25, -0.2) is 8.78 Å². The number of halogens is 3. The average Bonchev–Trinajstić information content (AvgIpc) is 2.49. The van der Waals surface area contributed by atoms with Gasteiger partial charge < -0.3 is 15.3 Å². The molecule has 0 atom stereocenters. The Labute approximate surface area is 138 Å². The fourth-order valence-corrected chi connectivity index (χ4v) is 2.15. The van der Waals surface area contributed by atoms with Crippen LogP contribution in [0.1, 0.15) is 26.2 Å². The molecule has 1 rings (SSSR count). The third-order valence-electron chi connectivity index (χ3n) is 3.13. The quantitative estimate of drug-likeness (QED) is 0.587. The maximum Gasteiger partial charge on any atom is 0.314 e. The van der Waals surface area contributed by atoms with Crippen molar-refractivity contribution in [2.75, 3.05) is 25.0 Å². The number of hydrogen-bond acceptors (Lipinski definition) is 3. The molecule has 0 aromatic heterocycles. The van der Waals surface area contributed by atoms with Gasteiger partial charge in [0.15, 0.2) is 11.6 Å². The monoisotopic (exact) mass is 348 g/mol. The first-order valence-corrected chi connectivity index (χ1v) is 7.64. The molecule has 0 heterocycles. The summed E-state index contributed by atoms with van der Waals surface area (Å²) in [4.78, 5) is 25.1. The molecule has 0 aliphatic heterocycles. The molecule has 0 saturated heterocycles. The zero-order valence-electron chi connectivity index (χ0n) is 12.7. The Kier molecular flexibility index (Phi) is 7.91. The van der Waals surface area contributed by atoms with Gasteiger partial charge >= 0.3 is 11.8 Å². The molecule has 0 radical (unpaired) electrons. The van der Waals surface area contributed by atoms with Crippen LogP contribution >= 0.6 is 11.6 Å². The van der Waals surface area contributed by atoms with Crippen LogP contribution in [0, 0.1) is 11.6 Å². The minimum atomic E-state index is -1.17. The predicted molar refractivity (Wildman–Crippen MR) is 83.2 cm³/mol. The number of nitrogens with zero attached hydrogens (tertiary/aromatic N) is 1. The standard InChI is InChI=1S/C15H19ClF2N2O3/c1-2-3-4-5-20(6-7-21)15(23)14(22)19-13-11(17)8-10(16)9-12(13)18/h8-9,21H,2-7H2,1H3,(H,19,22). The predicted octanol–water partition coefficient (Wildman–Crippen LogP) is 2.57. The van der Waals surface area contributed by atoms with Crippen molar-refractivity contribution >= 4 is 29.1 Å². The number of unbranched alkanes of at least 4 members (excludes halogenated alkanes) is 2. The number of amides is 2. The zero-order valence-corrected chi connectivity index (χ0v) is 13.5. The van der Waals surface area contributed by atoms with Gasteiger partial charge in [0.2, 0.25) is 0 Å². The molecule has 1 aromatic rings. The molecular weight excluding hydrogens is 330 g/mol. The second kappa shape index (κ2) is 9.42. The highest BCUT2D eigenvalue weighted by Crippen LogP contribution is 2.23. The molecule has 0 aliphatic carbocycles. The minimum absolute atomic E-state index is 0.0262. The summed E-state index contributed by atoms with van der Waals surface area (Å²) < 4.78 is 27.3. The van der Waals surface area contributed by atoms with Gasteiger partial charge in [0.25, 0.3) is 0 Å². The lowest BCUT2D eigenvalue weighted by Gasteiger charge is -2.21. The molecule has 2 N–H and O–H groups in total. The van der Waals surface area contributed by atoms with Crippen LogP contribution in [0.25, 0.3) is 0 Å². The van der Waals surface area contributed by atoms with Gasteiger partial charge in [-0.1, -0.05) is 31.4 Å². The van der Waals surface area contributed by atoms with Crippen molar-refractivity contribution in [3.63, 3.8) is 0 Å². The summed E-state index contributed by atoms with van der Waals surface area (Å²) in [5, 5.41) is 10.7. The molecule has 0 fully saturated rings. The molecule has 128 valence electrons. The third kappa shape index (κ3) is 5.76. The van der Waals surface area contributed by atoms with Crippen LogP contribution in [0.5, 0.6) is 0 Å². The first-order chi connectivity index (χ1) is 10.9. The normalized spacial score (nSPS) is 10.5. The van der Waals surface area contributed by atoms with E-state index in [0.717, 1.165) is 29.9 Å². The van der Waals surface area contributed by atoms with E-state index in [2.05, 4.69) is 0 Å². The maximum atomic E-state index is 13.6. The van der Waals surface area contributed by atoms with E-state index in [0.29, 0.717) is 6.42 Å². The first-order valence-electron chi connectivity index (χ1n) is 7.26. The number of aliphatic hydroxyl groups excluding tert-OH is 1. The van der Waals surface area contributed by atoms with Crippen molar-refractivity contribution in [3.05, 3.63) is 28.8 Å². The van der Waals surface area contributed by atoms with Crippen molar-refractivity contribution in [1.82, 2.24) is 4.90 Å². The van der Waals surface area contributed by atoms with Gasteiger partial charge in [-0.3, -0.25) is 9.59 Å². The van der Waals surface area contributed by atoms with Crippen molar-refractivity contribution in [3.8, 4) is 0 Å². The largest absolute Gasteiger partial charge is 0.395 e. The van der Waals surface area contributed by atoms with Crippen LogP contribution in [0.15, 0.2) is 12.1 Å². The van der Waals surface area contributed by atoms with E-state index >= 15 is 0 Å². The number of carbonyl (C=O) groups excluding carboxylic acids is 2. The van der Waals surface area contributed by atoms with Crippen LogP contribution in [0.3, 0.4) is 0 Å². The van der Waals surface area contributed by atoms with Crippen LogP contribution in [-0.4, -0.2) is 41.5 Å². The van der Waals surface area contributed by atoms with Crippen LogP contribution < -0.4 is 5.32 Å². The summed E-state index contributed by atoms with van der Waals surface area (Å²) in [6.07, 6.45) is 2.45.